The minimum absolute atomic E-state index is 0.103. The maximum absolute atomic E-state index is 9.47. The van der Waals surface area contributed by atoms with Crippen LogP contribution in [0, 0.1) is 0 Å². The summed E-state index contributed by atoms with van der Waals surface area (Å²) in [6.07, 6.45) is 2.00. The lowest BCUT2D eigenvalue weighted by molar-refractivity contribution is 0.0673. The van der Waals surface area contributed by atoms with E-state index in [1.807, 2.05) is 0 Å². The van der Waals surface area contributed by atoms with Crippen molar-refractivity contribution < 1.29 is 5.11 Å². The fourth-order valence-electron chi connectivity index (χ4n) is 1.80. The molecule has 1 aliphatic rings. The molecule has 2 heterocycles. The van der Waals surface area contributed by atoms with E-state index in [2.05, 4.69) is 22.4 Å². The summed E-state index contributed by atoms with van der Waals surface area (Å²) < 4.78 is 0. The van der Waals surface area contributed by atoms with Crippen molar-refractivity contribution in [2.24, 2.45) is 0 Å². The molecule has 0 aliphatic carbocycles. The van der Waals surface area contributed by atoms with Gasteiger partial charge in [-0.05, 0) is 30.8 Å². The SMILES string of the molecule is O[C@@H]1CCCN(Cc2cccs2)C1. The molecule has 1 aliphatic heterocycles. The van der Waals surface area contributed by atoms with Crippen LogP contribution in [0.5, 0.6) is 0 Å². The van der Waals surface area contributed by atoms with Crippen molar-refractivity contribution in [2.45, 2.75) is 25.5 Å². The third-order valence-electron chi connectivity index (χ3n) is 2.44. The summed E-state index contributed by atoms with van der Waals surface area (Å²) in [5.41, 5.74) is 0. The average Bonchev–Trinajstić information content (AvgIpc) is 2.57. The molecule has 72 valence electrons. The third kappa shape index (κ3) is 2.53. The Bertz CT molecular complexity index is 247. The van der Waals surface area contributed by atoms with Gasteiger partial charge in [-0.1, -0.05) is 6.07 Å². The fourth-order valence-corrected chi connectivity index (χ4v) is 2.54. The maximum Gasteiger partial charge on any atom is 0.0667 e. The highest BCUT2D eigenvalue weighted by molar-refractivity contribution is 7.09. The van der Waals surface area contributed by atoms with E-state index >= 15 is 0 Å². The van der Waals surface area contributed by atoms with Crippen molar-refractivity contribution >= 4 is 11.3 Å². The van der Waals surface area contributed by atoms with Gasteiger partial charge in [0.25, 0.3) is 0 Å². The van der Waals surface area contributed by atoms with Crippen LogP contribution in [0.3, 0.4) is 0 Å². The van der Waals surface area contributed by atoms with Crippen molar-refractivity contribution in [3.05, 3.63) is 22.4 Å². The molecule has 13 heavy (non-hydrogen) atoms. The molecule has 1 aromatic heterocycles. The van der Waals surface area contributed by atoms with Crippen LogP contribution in [0.25, 0.3) is 0 Å². The number of rotatable bonds is 2. The van der Waals surface area contributed by atoms with Crippen molar-refractivity contribution in [3.8, 4) is 0 Å². The predicted molar refractivity (Wildman–Crippen MR) is 54.8 cm³/mol. The Morgan fingerprint density at radius 2 is 2.54 bits per heavy atom. The molecule has 0 aromatic carbocycles. The van der Waals surface area contributed by atoms with Gasteiger partial charge in [-0.2, -0.15) is 0 Å². The molecule has 0 spiro atoms. The van der Waals surface area contributed by atoms with Gasteiger partial charge in [0.1, 0.15) is 0 Å². The molecule has 0 radical (unpaired) electrons. The molecule has 1 N–H and O–H groups in total. The molecule has 3 heteroatoms. The van der Waals surface area contributed by atoms with E-state index in [4.69, 9.17) is 0 Å². The first-order valence-electron chi connectivity index (χ1n) is 4.77. The van der Waals surface area contributed by atoms with Crippen molar-refractivity contribution in [1.29, 1.82) is 0 Å². The number of likely N-dealkylation sites (tertiary alicyclic amines) is 1. The molecule has 1 fully saturated rings. The zero-order valence-electron chi connectivity index (χ0n) is 7.65. The smallest absolute Gasteiger partial charge is 0.0667 e. The van der Waals surface area contributed by atoms with Crippen LogP contribution in [0.4, 0.5) is 0 Å². The number of aliphatic hydroxyl groups is 1. The van der Waals surface area contributed by atoms with Gasteiger partial charge in [0.15, 0.2) is 0 Å². The highest BCUT2D eigenvalue weighted by atomic mass is 32.1. The van der Waals surface area contributed by atoms with Gasteiger partial charge < -0.3 is 5.11 Å². The molecule has 0 amide bonds. The molecule has 2 nitrogen and oxygen atoms in total. The lowest BCUT2D eigenvalue weighted by Crippen LogP contribution is -2.37. The zero-order valence-corrected chi connectivity index (χ0v) is 8.46. The number of β-amino-alcohol motifs (C(OH)–C–C–N with tert-alkyl or cyclic N) is 1. The van der Waals surface area contributed by atoms with Gasteiger partial charge in [-0.3, -0.25) is 4.90 Å². The fraction of sp³-hybridized carbons (Fsp3) is 0.600. The van der Waals surface area contributed by atoms with E-state index in [1.54, 1.807) is 11.3 Å². The van der Waals surface area contributed by atoms with Crippen LogP contribution < -0.4 is 0 Å². The molecular weight excluding hydrogens is 182 g/mol. The van der Waals surface area contributed by atoms with E-state index in [0.717, 1.165) is 32.5 Å². The number of thiophene rings is 1. The van der Waals surface area contributed by atoms with E-state index in [-0.39, 0.29) is 6.10 Å². The first-order valence-corrected chi connectivity index (χ1v) is 5.65. The molecule has 0 saturated carbocycles. The summed E-state index contributed by atoms with van der Waals surface area (Å²) in [6.45, 7) is 2.99. The van der Waals surface area contributed by atoms with Gasteiger partial charge >= 0.3 is 0 Å². The Morgan fingerprint density at radius 1 is 1.62 bits per heavy atom. The lowest BCUT2D eigenvalue weighted by Gasteiger charge is -2.29. The van der Waals surface area contributed by atoms with Crippen LogP contribution in [-0.2, 0) is 6.54 Å². The van der Waals surface area contributed by atoms with E-state index in [0.29, 0.717) is 0 Å². The lowest BCUT2D eigenvalue weighted by atomic mass is 10.1. The van der Waals surface area contributed by atoms with Crippen LogP contribution in [0.1, 0.15) is 17.7 Å². The van der Waals surface area contributed by atoms with E-state index in [9.17, 15) is 5.11 Å². The summed E-state index contributed by atoms with van der Waals surface area (Å²) in [4.78, 5) is 3.73. The monoisotopic (exact) mass is 197 g/mol. The Kier molecular flexibility index (Phi) is 2.98. The second-order valence-electron chi connectivity index (χ2n) is 3.61. The minimum atomic E-state index is -0.103. The highest BCUT2D eigenvalue weighted by Crippen LogP contribution is 2.16. The maximum atomic E-state index is 9.47. The van der Waals surface area contributed by atoms with E-state index < -0.39 is 0 Å². The Balaban J connectivity index is 1.87. The van der Waals surface area contributed by atoms with Crippen LogP contribution in [0.2, 0.25) is 0 Å². The Morgan fingerprint density at radius 3 is 3.23 bits per heavy atom. The van der Waals surface area contributed by atoms with Gasteiger partial charge in [0.05, 0.1) is 6.10 Å². The topological polar surface area (TPSA) is 23.5 Å². The van der Waals surface area contributed by atoms with Gasteiger partial charge in [0.2, 0.25) is 0 Å². The standard InChI is InChI=1S/C10H15NOS/c12-9-3-1-5-11(7-9)8-10-4-2-6-13-10/h2,4,6,9,12H,1,3,5,7-8H2/t9-/m1/s1. The highest BCUT2D eigenvalue weighted by Gasteiger charge is 2.17. The summed E-state index contributed by atoms with van der Waals surface area (Å²) in [5.74, 6) is 0. The molecule has 0 bridgehead atoms. The first-order chi connectivity index (χ1) is 6.34. The van der Waals surface area contributed by atoms with Gasteiger partial charge in [0, 0.05) is 18.0 Å². The zero-order chi connectivity index (χ0) is 9.10. The van der Waals surface area contributed by atoms with Gasteiger partial charge in [-0.25, -0.2) is 0 Å². The predicted octanol–water partition coefficient (Wildman–Crippen LogP) is 1.70. The van der Waals surface area contributed by atoms with Crippen LogP contribution in [-0.4, -0.2) is 29.2 Å². The summed E-state index contributed by atoms with van der Waals surface area (Å²) in [7, 11) is 0. The third-order valence-corrected chi connectivity index (χ3v) is 3.30. The minimum Gasteiger partial charge on any atom is -0.392 e. The second-order valence-corrected chi connectivity index (χ2v) is 4.64. The van der Waals surface area contributed by atoms with Crippen molar-refractivity contribution in [1.82, 2.24) is 4.90 Å². The van der Waals surface area contributed by atoms with Crippen LogP contribution >= 0.6 is 11.3 Å². The number of nitrogens with zero attached hydrogens (tertiary/aromatic N) is 1. The van der Waals surface area contributed by atoms with Gasteiger partial charge in [-0.15, -0.1) is 11.3 Å². The summed E-state index contributed by atoms with van der Waals surface area (Å²) in [6, 6.07) is 4.24. The largest absolute Gasteiger partial charge is 0.392 e. The van der Waals surface area contributed by atoms with Crippen molar-refractivity contribution in [2.75, 3.05) is 13.1 Å². The van der Waals surface area contributed by atoms with Crippen molar-refractivity contribution in [3.63, 3.8) is 0 Å². The average molecular weight is 197 g/mol. The number of piperidine rings is 1. The quantitative estimate of drug-likeness (QED) is 0.780. The molecular formula is C10H15NOS. The molecule has 1 saturated heterocycles. The molecule has 0 unspecified atom stereocenters. The molecule has 1 atom stereocenters. The molecule has 2 rings (SSSR count). The first kappa shape index (κ1) is 9.19. The number of hydrogen-bond acceptors (Lipinski definition) is 3. The normalized spacial score (nSPS) is 24.8. The number of hydrogen-bond donors (Lipinski definition) is 1. The van der Waals surface area contributed by atoms with Crippen LogP contribution in [0.15, 0.2) is 17.5 Å². The second kappa shape index (κ2) is 4.22. The Hall–Kier alpha value is -0.380. The summed E-state index contributed by atoms with van der Waals surface area (Å²) in [5, 5.41) is 11.6. The number of aliphatic hydroxyl groups excluding tert-OH is 1. The van der Waals surface area contributed by atoms with E-state index in [1.165, 1.54) is 4.88 Å². The molecule has 1 aromatic rings. The Labute approximate surface area is 82.8 Å². The summed E-state index contributed by atoms with van der Waals surface area (Å²) >= 11 is 1.79.